The summed E-state index contributed by atoms with van der Waals surface area (Å²) < 4.78 is 6.58. The molecule has 2 amide bonds. The van der Waals surface area contributed by atoms with Crippen molar-refractivity contribution in [2.45, 2.75) is 37.8 Å². The molecule has 1 aromatic rings. The number of hydrogen-bond acceptors (Lipinski definition) is 4. The average Bonchev–Trinajstić information content (AvgIpc) is 3.06. The number of carbonyl (C=O) groups excluding carboxylic acids is 1. The van der Waals surface area contributed by atoms with E-state index in [1.54, 1.807) is 18.0 Å². The van der Waals surface area contributed by atoms with Gasteiger partial charge >= 0.3 is 12.0 Å². The molecule has 8 heteroatoms. The highest BCUT2D eigenvalue weighted by Gasteiger charge is 2.42. The third-order valence-electron chi connectivity index (χ3n) is 3.63. The minimum atomic E-state index is -1.14. The first kappa shape index (κ1) is 15.3. The van der Waals surface area contributed by atoms with Crippen LogP contribution in [0, 0.1) is 0 Å². The van der Waals surface area contributed by atoms with Gasteiger partial charge in [0.2, 0.25) is 0 Å². The van der Waals surface area contributed by atoms with Crippen LogP contribution in [0.2, 0.25) is 0 Å². The summed E-state index contributed by atoms with van der Waals surface area (Å²) in [5, 5.41) is 18.6. The molecule has 0 radical (unpaired) electrons. The van der Waals surface area contributed by atoms with Crippen LogP contribution in [0.3, 0.4) is 0 Å². The number of aliphatic carboxylic acids is 1. The fraction of sp³-hybridized carbons (Fsp3) is 0.615. The van der Waals surface area contributed by atoms with E-state index in [1.165, 1.54) is 6.20 Å². The van der Waals surface area contributed by atoms with Gasteiger partial charge in [0.1, 0.15) is 5.54 Å². The topological polar surface area (TPSA) is 105 Å². The number of carbonyl (C=O) groups is 2. The lowest BCUT2D eigenvalue weighted by molar-refractivity contribution is -0.144. The Bertz CT molecular complexity index is 508. The van der Waals surface area contributed by atoms with E-state index in [4.69, 9.17) is 4.74 Å². The molecule has 1 heterocycles. The summed E-state index contributed by atoms with van der Waals surface area (Å²) in [5.74, 6) is -0.981. The Morgan fingerprint density at radius 2 is 2.19 bits per heavy atom. The van der Waals surface area contributed by atoms with Crippen molar-refractivity contribution in [1.29, 1.82) is 0 Å². The van der Waals surface area contributed by atoms with Gasteiger partial charge in [-0.1, -0.05) is 12.8 Å². The van der Waals surface area contributed by atoms with Gasteiger partial charge in [-0.3, -0.25) is 4.68 Å². The van der Waals surface area contributed by atoms with Crippen molar-refractivity contribution in [3.8, 4) is 0 Å². The molecule has 0 saturated heterocycles. The molecular weight excluding hydrogens is 276 g/mol. The Morgan fingerprint density at radius 1 is 1.48 bits per heavy atom. The molecule has 1 aromatic heterocycles. The minimum Gasteiger partial charge on any atom is -0.480 e. The SMILES string of the molecule is COCCn1cc(NC(=O)NC2(C(=O)O)CCCC2)cn1. The normalized spacial score (nSPS) is 16.6. The third kappa shape index (κ3) is 3.72. The fourth-order valence-electron chi connectivity index (χ4n) is 2.49. The lowest BCUT2D eigenvalue weighted by Gasteiger charge is -2.25. The summed E-state index contributed by atoms with van der Waals surface area (Å²) in [5.41, 5.74) is -0.627. The van der Waals surface area contributed by atoms with Crippen LogP contribution in [0.4, 0.5) is 10.5 Å². The quantitative estimate of drug-likeness (QED) is 0.727. The standard InChI is InChI=1S/C13H20N4O4/c1-21-7-6-17-9-10(8-14-17)15-12(20)16-13(11(18)19)4-2-3-5-13/h8-9H,2-7H2,1H3,(H,18,19)(H2,15,16,20). The third-order valence-corrected chi connectivity index (χ3v) is 3.63. The molecule has 0 bridgehead atoms. The lowest BCUT2D eigenvalue weighted by Crippen LogP contribution is -2.53. The van der Waals surface area contributed by atoms with Gasteiger partial charge in [0, 0.05) is 13.3 Å². The number of methoxy groups -OCH3 is 1. The summed E-state index contributed by atoms with van der Waals surface area (Å²) >= 11 is 0. The van der Waals surface area contributed by atoms with E-state index in [2.05, 4.69) is 15.7 Å². The van der Waals surface area contributed by atoms with Crippen LogP contribution in [0.1, 0.15) is 25.7 Å². The van der Waals surface area contributed by atoms with E-state index in [1.807, 2.05) is 0 Å². The van der Waals surface area contributed by atoms with Crippen LogP contribution >= 0.6 is 0 Å². The Kier molecular flexibility index (Phi) is 4.79. The van der Waals surface area contributed by atoms with Crippen molar-refractivity contribution >= 4 is 17.7 Å². The van der Waals surface area contributed by atoms with E-state index < -0.39 is 17.5 Å². The molecule has 116 valence electrons. The highest BCUT2D eigenvalue weighted by atomic mass is 16.5. The molecule has 8 nitrogen and oxygen atoms in total. The zero-order valence-corrected chi connectivity index (χ0v) is 12.0. The molecule has 1 saturated carbocycles. The number of carboxylic acids is 1. The largest absolute Gasteiger partial charge is 0.480 e. The Hall–Kier alpha value is -2.09. The van der Waals surface area contributed by atoms with Gasteiger partial charge in [0.05, 0.1) is 25.0 Å². The number of carboxylic acid groups (broad SMARTS) is 1. The van der Waals surface area contributed by atoms with Gasteiger partial charge in [-0.15, -0.1) is 0 Å². The molecule has 3 N–H and O–H groups in total. The predicted octanol–water partition coefficient (Wildman–Crippen LogP) is 1.05. The number of urea groups is 1. The number of nitrogens with zero attached hydrogens (tertiary/aromatic N) is 2. The summed E-state index contributed by atoms with van der Waals surface area (Å²) in [6.45, 7) is 1.11. The number of aromatic nitrogens is 2. The maximum atomic E-state index is 12.0. The molecule has 0 atom stereocenters. The zero-order valence-electron chi connectivity index (χ0n) is 12.0. The van der Waals surface area contributed by atoms with Crippen molar-refractivity contribution in [2.75, 3.05) is 19.0 Å². The van der Waals surface area contributed by atoms with Gasteiger partial charge in [0.25, 0.3) is 0 Å². The summed E-state index contributed by atoms with van der Waals surface area (Å²) in [6, 6.07) is -0.523. The van der Waals surface area contributed by atoms with Crippen molar-refractivity contribution in [1.82, 2.24) is 15.1 Å². The molecule has 21 heavy (non-hydrogen) atoms. The van der Waals surface area contributed by atoms with Crippen LogP contribution in [-0.2, 0) is 16.1 Å². The summed E-state index contributed by atoms with van der Waals surface area (Å²) in [4.78, 5) is 23.3. The van der Waals surface area contributed by atoms with Gasteiger partial charge in [-0.25, -0.2) is 9.59 Å². The second kappa shape index (κ2) is 6.57. The molecule has 1 aliphatic rings. The molecule has 0 unspecified atom stereocenters. The maximum absolute atomic E-state index is 12.0. The van der Waals surface area contributed by atoms with E-state index in [0.29, 0.717) is 31.7 Å². The van der Waals surface area contributed by atoms with Crippen molar-refractivity contribution in [2.24, 2.45) is 0 Å². The molecule has 0 spiro atoms. The first-order chi connectivity index (χ1) is 10.1. The van der Waals surface area contributed by atoms with Crippen molar-refractivity contribution in [3.05, 3.63) is 12.4 Å². The van der Waals surface area contributed by atoms with Gasteiger partial charge in [-0.2, -0.15) is 5.10 Å². The van der Waals surface area contributed by atoms with E-state index >= 15 is 0 Å². The van der Waals surface area contributed by atoms with E-state index in [-0.39, 0.29) is 0 Å². The maximum Gasteiger partial charge on any atom is 0.329 e. The number of amides is 2. The number of nitrogens with one attached hydrogen (secondary N) is 2. The van der Waals surface area contributed by atoms with Crippen LogP contribution in [-0.4, -0.2) is 46.1 Å². The smallest absolute Gasteiger partial charge is 0.329 e. The average molecular weight is 296 g/mol. The van der Waals surface area contributed by atoms with Crippen LogP contribution in [0.25, 0.3) is 0 Å². The van der Waals surface area contributed by atoms with Crippen LogP contribution in [0.5, 0.6) is 0 Å². The first-order valence-corrected chi connectivity index (χ1v) is 6.90. The zero-order chi connectivity index (χ0) is 15.3. The Morgan fingerprint density at radius 3 is 2.81 bits per heavy atom. The fourth-order valence-corrected chi connectivity index (χ4v) is 2.49. The lowest BCUT2D eigenvalue weighted by atomic mass is 9.98. The van der Waals surface area contributed by atoms with Gasteiger partial charge in [-0.05, 0) is 12.8 Å². The van der Waals surface area contributed by atoms with Crippen molar-refractivity contribution in [3.63, 3.8) is 0 Å². The molecule has 0 aromatic carbocycles. The molecule has 0 aliphatic heterocycles. The monoisotopic (exact) mass is 296 g/mol. The summed E-state index contributed by atoms with van der Waals surface area (Å²) in [7, 11) is 1.60. The number of ether oxygens (including phenoxy) is 1. The number of hydrogen-bond donors (Lipinski definition) is 3. The molecule has 2 rings (SSSR count). The number of anilines is 1. The minimum absolute atomic E-state index is 0.461. The van der Waals surface area contributed by atoms with E-state index in [9.17, 15) is 14.7 Å². The molecular formula is C13H20N4O4. The van der Waals surface area contributed by atoms with Crippen LogP contribution in [0.15, 0.2) is 12.4 Å². The highest BCUT2D eigenvalue weighted by Crippen LogP contribution is 2.29. The Balaban J connectivity index is 1.92. The van der Waals surface area contributed by atoms with Crippen LogP contribution < -0.4 is 10.6 Å². The van der Waals surface area contributed by atoms with E-state index in [0.717, 1.165) is 12.8 Å². The summed E-state index contributed by atoms with van der Waals surface area (Å²) in [6.07, 6.45) is 5.72. The van der Waals surface area contributed by atoms with Crippen molar-refractivity contribution < 1.29 is 19.4 Å². The van der Waals surface area contributed by atoms with Gasteiger partial charge < -0.3 is 20.5 Å². The predicted molar refractivity (Wildman–Crippen MR) is 75.1 cm³/mol. The Labute approximate surface area is 122 Å². The molecule has 1 fully saturated rings. The molecule has 1 aliphatic carbocycles. The second-order valence-electron chi connectivity index (χ2n) is 5.16. The number of rotatable bonds is 6. The highest BCUT2D eigenvalue weighted by molar-refractivity contribution is 5.93. The first-order valence-electron chi connectivity index (χ1n) is 6.90. The van der Waals surface area contributed by atoms with Gasteiger partial charge in [0.15, 0.2) is 0 Å². The second-order valence-corrected chi connectivity index (χ2v) is 5.16.